The van der Waals surface area contributed by atoms with Crippen molar-refractivity contribution in [3.8, 4) is 0 Å². The lowest BCUT2D eigenvalue weighted by Crippen LogP contribution is -2.54. The van der Waals surface area contributed by atoms with Gasteiger partial charge in [-0.25, -0.2) is 4.79 Å². The topological polar surface area (TPSA) is 128 Å². The Balaban J connectivity index is 2.78. The van der Waals surface area contributed by atoms with E-state index in [2.05, 4.69) is 10.6 Å². The summed E-state index contributed by atoms with van der Waals surface area (Å²) < 4.78 is 5.19. The van der Waals surface area contributed by atoms with Gasteiger partial charge in [0, 0.05) is 4.92 Å². The van der Waals surface area contributed by atoms with Gasteiger partial charge in [-0.15, -0.1) is 0 Å². The van der Waals surface area contributed by atoms with Crippen LogP contribution in [0.5, 0.6) is 0 Å². The number of ketones is 1. The Kier molecular flexibility index (Phi) is 11.1. The number of nitrogens with one attached hydrogen (secondary N) is 2. The molecule has 1 rings (SSSR count). The van der Waals surface area contributed by atoms with E-state index in [1.54, 1.807) is 6.92 Å². The van der Waals surface area contributed by atoms with Gasteiger partial charge < -0.3 is 15.4 Å². The second kappa shape index (κ2) is 13.3. The van der Waals surface area contributed by atoms with E-state index in [-0.39, 0.29) is 12.5 Å². The number of nitro groups is 1. The SMILES string of the molecule is CCCCC(NC(=O)C(NC(=O)OCc1ccccc1)C(C)CC)C(=O)C[N+](=O)[O-]. The molecule has 1 aromatic rings. The van der Waals surface area contributed by atoms with E-state index in [4.69, 9.17) is 4.74 Å². The van der Waals surface area contributed by atoms with Crippen LogP contribution in [0, 0.1) is 16.0 Å². The Hall–Kier alpha value is -2.97. The number of hydrogen-bond acceptors (Lipinski definition) is 6. The van der Waals surface area contributed by atoms with Crippen LogP contribution in [-0.4, -0.2) is 41.3 Å². The summed E-state index contributed by atoms with van der Waals surface area (Å²) in [6.45, 7) is 4.79. The van der Waals surface area contributed by atoms with Gasteiger partial charge in [-0.05, 0) is 17.9 Å². The molecule has 0 bridgehead atoms. The zero-order valence-corrected chi connectivity index (χ0v) is 17.8. The van der Waals surface area contributed by atoms with Gasteiger partial charge in [-0.2, -0.15) is 0 Å². The van der Waals surface area contributed by atoms with Crippen LogP contribution in [0.15, 0.2) is 30.3 Å². The molecule has 166 valence electrons. The van der Waals surface area contributed by atoms with Crippen molar-refractivity contribution < 1.29 is 24.0 Å². The third kappa shape index (κ3) is 9.02. The van der Waals surface area contributed by atoms with Crippen molar-refractivity contribution in [3.63, 3.8) is 0 Å². The number of ether oxygens (including phenoxy) is 1. The third-order valence-electron chi connectivity index (χ3n) is 4.82. The Labute approximate surface area is 176 Å². The fourth-order valence-corrected chi connectivity index (χ4v) is 2.81. The van der Waals surface area contributed by atoms with E-state index in [0.29, 0.717) is 19.3 Å². The average molecular weight is 421 g/mol. The Bertz CT molecular complexity index is 710. The third-order valence-corrected chi connectivity index (χ3v) is 4.82. The summed E-state index contributed by atoms with van der Waals surface area (Å²) in [6, 6.07) is 7.23. The Morgan fingerprint density at radius 2 is 1.80 bits per heavy atom. The van der Waals surface area contributed by atoms with Crippen molar-refractivity contribution in [1.82, 2.24) is 10.6 Å². The highest BCUT2D eigenvalue weighted by molar-refractivity contribution is 5.92. The van der Waals surface area contributed by atoms with Crippen LogP contribution in [0.4, 0.5) is 4.79 Å². The molecule has 30 heavy (non-hydrogen) atoms. The number of carbonyl (C=O) groups is 3. The quantitative estimate of drug-likeness (QED) is 0.372. The van der Waals surface area contributed by atoms with E-state index in [1.165, 1.54) is 0 Å². The molecule has 9 heteroatoms. The lowest BCUT2D eigenvalue weighted by Gasteiger charge is -2.25. The number of rotatable bonds is 13. The first-order valence-electron chi connectivity index (χ1n) is 10.2. The van der Waals surface area contributed by atoms with Crippen molar-refractivity contribution in [3.05, 3.63) is 46.0 Å². The lowest BCUT2D eigenvalue weighted by atomic mass is 9.97. The fourth-order valence-electron chi connectivity index (χ4n) is 2.81. The minimum Gasteiger partial charge on any atom is -0.445 e. The van der Waals surface area contributed by atoms with Gasteiger partial charge in [-0.1, -0.05) is 70.4 Å². The minimum absolute atomic E-state index is 0.0575. The molecule has 1 aromatic carbocycles. The number of Topliss-reactive ketones (excluding diaryl/α,β-unsaturated/α-hetero) is 1. The number of benzene rings is 1. The average Bonchev–Trinajstić information content (AvgIpc) is 2.72. The zero-order valence-electron chi connectivity index (χ0n) is 17.8. The van der Waals surface area contributed by atoms with Crippen molar-refractivity contribution in [2.45, 2.75) is 65.1 Å². The zero-order chi connectivity index (χ0) is 22.5. The molecule has 3 atom stereocenters. The number of alkyl carbamates (subject to hydrolysis) is 1. The van der Waals surface area contributed by atoms with Crippen molar-refractivity contribution in [2.24, 2.45) is 5.92 Å². The standard InChI is InChI=1S/C21H31N3O6/c1-4-6-12-17(18(25)13-24(28)29)22-20(26)19(15(3)5-2)23-21(27)30-14-16-10-8-7-9-11-16/h7-11,15,17,19H,4-6,12-14H2,1-3H3,(H,22,26)(H,23,27). The van der Waals surface area contributed by atoms with Crippen molar-refractivity contribution in [1.29, 1.82) is 0 Å². The van der Waals surface area contributed by atoms with Crippen LogP contribution in [0.3, 0.4) is 0 Å². The Morgan fingerprint density at radius 1 is 1.13 bits per heavy atom. The summed E-state index contributed by atoms with van der Waals surface area (Å²) in [5, 5.41) is 15.8. The normalized spacial score (nSPS) is 13.6. The second-order valence-electron chi connectivity index (χ2n) is 7.23. The molecule has 0 aliphatic heterocycles. The first-order chi connectivity index (χ1) is 14.3. The first kappa shape index (κ1) is 25.1. The highest BCUT2D eigenvalue weighted by atomic mass is 16.6. The second-order valence-corrected chi connectivity index (χ2v) is 7.23. The van der Waals surface area contributed by atoms with Gasteiger partial charge in [0.15, 0.2) is 0 Å². The van der Waals surface area contributed by atoms with E-state index in [9.17, 15) is 24.5 Å². The Morgan fingerprint density at radius 3 is 2.37 bits per heavy atom. The summed E-state index contributed by atoms with van der Waals surface area (Å²) in [6.07, 6.45) is 1.56. The number of carbonyl (C=O) groups excluding carboxylic acids is 3. The van der Waals surface area contributed by atoms with Crippen LogP contribution in [0.25, 0.3) is 0 Å². The van der Waals surface area contributed by atoms with Crippen LogP contribution in [0.1, 0.15) is 52.0 Å². The van der Waals surface area contributed by atoms with Crippen LogP contribution < -0.4 is 10.6 Å². The maximum atomic E-state index is 12.8. The highest BCUT2D eigenvalue weighted by Gasteiger charge is 2.31. The van der Waals surface area contributed by atoms with Crippen molar-refractivity contribution in [2.75, 3.05) is 6.54 Å². The molecule has 0 saturated carbocycles. The maximum Gasteiger partial charge on any atom is 0.408 e. The van der Waals surface area contributed by atoms with E-state index in [0.717, 1.165) is 12.0 Å². The molecular formula is C21H31N3O6. The van der Waals surface area contributed by atoms with Crippen LogP contribution >= 0.6 is 0 Å². The monoisotopic (exact) mass is 421 g/mol. The van der Waals surface area contributed by atoms with E-state index in [1.807, 2.05) is 44.2 Å². The predicted molar refractivity (Wildman–Crippen MR) is 111 cm³/mol. The molecule has 3 unspecified atom stereocenters. The van der Waals surface area contributed by atoms with Gasteiger partial charge in [0.05, 0.1) is 6.04 Å². The van der Waals surface area contributed by atoms with Crippen LogP contribution in [0.2, 0.25) is 0 Å². The first-order valence-corrected chi connectivity index (χ1v) is 10.2. The van der Waals surface area contributed by atoms with E-state index >= 15 is 0 Å². The van der Waals surface area contributed by atoms with Crippen LogP contribution in [-0.2, 0) is 20.9 Å². The number of hydrogen-bond donors (Lipinski definition) is 2. The number of unbranched alkanes of at least 4 members (excludes halogenated alkanes) is 1. The molecule has 0 fully saturated rings. The molecule has 0 heterocycles. The summed E-state index contributed by atoms with van der Waals surface area (Å²) in [5.74, 6) is -1.44. The molecular weight excluding hydrogens is 390 g/mol. The molecule has 0 saturated heterocycles. The van der Waals surface area contributed by atoms with Gasteiger partial charge in [0.2, 0.25) is 11.7 Å². The molecule has 0 aliphatic carbocycles. The van der Waals surface area contributed by atoms with Gasteiger partial charge in [-0.3, -0.25) is 19.7 Å². The highest BCUT2D eigenvalue weighted by Crippen LogP contribution is 2.11. The summed E-state index contributed by atoms with van der Waals surface area (Å²) in [5.41, 5.74) is 0.808. The molecule has 0 spiro atoms. The smallest absolute Gasteiger partial charge is 0.408 e. The molecule has 2 N–H and O–H groups in total. The fraction of sp³-hybridized carbons (Fsp3) is 0.571. The number of amides is 2. The van der Waals surface area contributed by atoms with Crippen molar-refractivity contribution >= 4 is 17.8 Å². The summed E-state index contributed by atoms with van der Waals surface area (Å²) >= 11 is 0. The van der Waals surface area contributed by atoms with Gasteiger partial charge in [0.25, 0.3) is 6.54 Å². The van der Waals surface area contributed by atoms with Gasteiger partial charge in [0.1, 0.15) is 12.6 Å². The number of nitrogens with zero attached hydrogens (tertiary/aromatic N) is 1. The molecule has 0 radical (unpaired) electrons. The molecule has 0 aromatic heterocycles. The summed E-state index contributed by atoms with van der Waals surface area (Å²) in [4.78, 5) is 47.2. The van der Waals surface area contributed by atoms with E-state index < -0.39 is 41.3 Å². The molecule has 2 amide bonds. The largest absolute Gasteiger partial charge is 0.445 e. The maximum absolute atomic E-state index is 12.8. The minimum atomic E-state index is -0.962. The molecule has 9 nitrogen and oxygen atoms in total. The van der Waals surface area contributed by atoms with Gasteiger partial charge >= 0.3 is 6.09 Å². The molecule has 0 aliphatic rings. The summed E-state index contributed by atoms with van der Waals surface area (Å²) in [7, 11) is 0. The lowest BCUT2D eigenvalue weighted by molar-refractivity contribution is -0.467. The predicted octanol–water partition coefficient (Wildman–Crippen LogP) is 2.85.